The van der Waals surface area contributed by atoms with Crippen molar-refractivity contribution in [2.45, 2.75) is 31.3 Å². The Kier molecular flexibility index (Phi) is 3.22. The molecule has 3 rings (SSSR count). The predicted molar refractivity (Wildman–Crippen MR) is 75.8 cm³/mol. The van der Waals surface area contributed by atoms with Gasteiger partial charge in [-0.2, -0.15) is 5.26 Å². The van der Waals surface area contributed by atoms with E-state index in [1.165, 1.54) is 4.90 Å². The minimum atomic E-state index is -0.507. The van der Waals surface area contributed by atoms with Gasteiger partial charge in [-0.15, -0.1) is 0 Å². The molecule has 1 saturated heterocycles. The number of hydrogen-bond donors (Lipinski definition) is 1. The fourth-order valence-electron chi connectivity index (χ4n) is 2.37. The summed E-state index contributed by atoms with van der Waals surface area (Å²) in [6.07, 6.45) is 2.04. The average Bonchev–Trinajstić information content (AvgIpc) is 3.20. The van der Waals surface area contributed by atoms with Gasteiger partial charge in [-0.05, 0) is 47.0 Å². The molecule has 1 aliphatic heterocycles. The van der Waals surface area contributed by atoms with E-state index in [-0.39, 0.29) is 24.3 Å². The van der Waals surface area contributed by atoms with Gasteiger partial charge in [-0.25, -0.2) is 0 Å². The molecule has 1 aromatic carbocycles. The van der Waals surface area contributed by atoms with E-state index in [9.17, 15) is 9.59 Å². The number of imide groups is 1. The number of nitrogens with zero attached hydrogens (tertiary/aromatic N) is 2. The number of benzene rings is 1. The van der Waals surface area contributed by atoms with E-state index in [2.05, 4.69) is 21.2 Å². The smallest absolute Gasteiger partial charge is 0.252 e. The van der Waals surface area contributed by atoms with Crippen molar-refractivity contribution in [2.75, 3.05) is 5.32 Å². The van der Waals surface area contributed by atoms with Crippen molar-refractivity contribution in [3.05, 3.63) is 28.2 Å². The minimum absolute atomic E-state index is 0.0974. The summed E-state index contributed by atoms with van der Waals surface area (Å²) in [5, 5.41) is 11.9. The number of amides is 2. The van der Waals surface area contributed by atoms with Crippen LogP contribution in [0.25, 0.3) is 0 Å². The largest absolute Gasteiger partial charge is 0.372 e. The summed E-state index contributed by atoms with van der Waals surface area (Å²) < 4.78 is 0.710. The van der Waals surface area contributed by atoms with Crippen LogP contribution in [0.2, 0.25) is 0 Å². The van der Waals surface area contributed by atoms with E-state index in [0.717, 1.165) is 12.8 Å². The molecule has 0 aromatic heterocycles. The van der Waals surface area contributed by atoms with Crippen LogP contribution in [0.3, 0.4) is 0 Å². The molecule has 0 bridgehead atoms. The molecule has 1 aromatic rings. The third-order valence-electron chi connectivity index (χ3n) is 3.52. The molecule has 2 fully saturated rings. The van der Waals surface area contributed by atoms with Crippen LogP contribution >= 0.6 is 15.9 Å². The Labute approximate surface area is 124 Å². The van der Waals surface area contributed by atoms with Crippen LogP contribution in [0.1, 0.15) is 24.8 Å². The Morgan fingerprint density at radius 1 is 1.35 bits per heavy atom. The first-order chi connectivity index (χ1) is 9.60. The number of nitriles is 1. The van der Waals surface area contributed by atoms with Crippen LogP contribution in [0.15, 0.2) is 22.7 Å². The summed E-state index contributed by atoms with van der Waals surface area (Å²) in [6, 6.07) is 6.75. The van der Waals surface area contributed by atoms with Crippen LogP contribution in [-0.2, 0) is 9.59 Å². The molecule has 1 aliphatic carbocycles. The Balaban J connectivity index is 1.77. The van der Waals surface area contributed by atoms with E-state index in [4.69, 9.17) is 5.26 Å². The molecular weight excluding hydrogens is 322 g/mol. The van der Waals surface area contributed by atoms with E-state index in [1.54, 1.807) is 18.2 Å². The number of hydrogen-bond acceptors (Lipinski definition) is 4. The van der Waals surface area contributed by atoms with Crippen LogP contribution < -0.4 is 5.32 Å². The number of anilines is 1. The minimum Gasteiger partial charge on any atom is -0.372 e. The van der Waals surface area contributed by atoms with Gasteiger partial charge in [0.05, 0.1) is 18.1 Å². The van der Waals surface area contributed by atoms with Crippen molar-refractivity contribution in [2.24, 2.45) is 0 Å². The van der Waals surface area contributed by atoms with Crippen molar-refractivity contribution in [1.82, 2.24) is 4.90 Å². The molecule has 1 saturated carbocycles. The summed E-state index contributed by atoms with van der Waals surface area (Å²) in [5.41, 5.74) is 1.25. The second-order valence-corrected chi connectivity index (χ2v) is 5.89. The van der Waals surface area contributed by atoms with E-state index in [1.807, 2.05) is 6.07 Å². The normalized spacial score (nSPS) is 22.0. The maximum atomic E-state index is 12.2. The van der Waals surface area contributed by atoms with Gasteiger partial charge in [0.2, 0.25) is 5.91 Å². The van der Waals surface area contributed by atoms with Crippen molar-refractivity contribution in [1.29, 1.82) is 5.26 Å². The average molecular weight is 334 g/mol. The standard InChI is InChI=1S/C14H12BrN3O2/c15-10-5-8(7-16)1-4-11(10)17-12-6-13(19)18(14(12)20)9-2-3-9/h1,4-5,9,12,17H,2-3,6H2. The second-order valence-electron chi connectivity index (χ2n) is 5.04. The van der Waals surface area contributed by atoms with Crippen LogP contribution in [-0.4, -0.2) is 28.8 Å². The van der Waals surface area contributed by atoms with E-state index in [0.29, 0.717) is 15.7 Å². The SMILES string of the molecule is N#Cc1ccc(NC2CC(=O)N(C3CC3)C2=O)c(Br)c1. The van der Waals surface area contributed by atoms with Crippen LogP contribution in [0.5, 0.6) is 0 Å². The number of rotatable bonds is 3. The zero-order valence-corrected chi connectivity index (χ0v) is 12.2. The lowest BCUT2D eigenvalue weighted by Crippen LogP contribution is -2.36. The van der Waals surface area contributed by atoms with Crippen LogP contribution in [0, 0.1) is 11.3 Å². The van der Waals surface area contributed by atoms with Gasteiger partial charge in [0, 0.05) is 16.2 Å². The Bertz CT molecular complexity index is 634. The highest BCUT2D eigenvalue weighted by Crippen LogP contribution is 2.33. The van der Waals surface area contributed by atoms with Gasteiger partial charge in [-0.1, -0.05) is 0 Å². The molecule has 102 valence electrons. The monoisotopic (exact) mass is 333 g/mol. The first-order valence-corrected chi connectivity index (χ1v) is 7.21. The van der Waals surface area contributed by atoms with Crippen molar-refractivity contribution in [3.63, 3.8) is 0 Å². The molecular formula is C14H12BrN3O2. The molecule has 5 nitrogen and oxygen atoms in total. The molecule has 0 radical (unpaired) electrons. The number of likely N-dealkylation sites (tertiary alicyclic amines) is 1. The van der Waals surface area contributed by atoms with Gasteiger partial charge in [-0.3, -0.25) is 14.5 Å². The first-order valence-electron chi connectivity index (χ1n) is 6.42. The molecule has 20 heavy (non-hydrogen) atoms. The van der Waals surface area contributed by atoms with E-state index >= 15 is 0 Å². The Hall–Kier alpha value is -1.87. The molecule has 1 unspecified atom stereocenters. The van der Waals surface area contributed by atoms with Gasteiger partial charge >= 0.3 is 0 Å². The summed E-state index contributed by atoms with van der Waals surface area (Å²) in [7, 11) is 0. The second kappa shape index (κ2) is 4.91. The molecule has 1 heterocycles. The topological polar surface area (TPSA) is 73.2 Å². The number of carbonyl (C=O) groups excluding carboxylic acids is 2. The van der Waals surface area contributed by atoms with E-state index < -0.39 is 6.04 Å². The zero-order valence-electron chi connectivity index (χ0n) is 10.6. The third-order valence-corrected chi connectivity index (χ3v) is 4.18. The zero-order chi connectivity index (χ0) is 14.3. The highest BCUT2D eigenvalue weighted by atomic mass is 79.9. The van der Waals surface area contributed by atoms with Crippen molar-refractivity contribution < 1.29 is 9.59 Å². The van der Waals surface area contributed by atoms with Gasteiger partial charge in [0.1, 0.15) is 6.04 Å². The summed E-state index contributed by atoms with van der Waals surface area (Å²) in [4.78, 5) is 25.5. The Morgan fingerprint density at radius 3 is 2.70 bits per heavy atom. The lowest BCUT2D eigenvalue weighted by molar-refractivity contribution is -0.139. The van der Waals surface area contributed by atoms with Crippen molar-refractivity contribution in [3.8, 4) is 6.07 Å². The van der Waals surface area contributed by atoms with Crippen molar-refractivity contribution >= 4 is 33.4 Å². The maximum Gasteiger partial charge on any atom is 0.252 e. The quantitative estimate of drug-likeness (QED) is 0.859. The lowest BCUT2D eigenvalue weighted by atomic mass is 10.2. The fraction of sp³-hybridized carbons (Fsp3) is 0.357. The highest BCUT2D eigenvalue weighted by Gasteiger charge is 2.46. The number of halogens is 1. The van der Waals surface area contributed by atoms with Gasteiger partial charge in [0.15, 0.2) is 0 Å². The first kappa shape index (κ1) is 13.1. The summed E-state index contributed by atoms with van der Waals surface area (Å²) in [5.74, 6) is -0.242. The lowest BCUT2D eigenvalue weighted by Gasteiger charge is -2.16. The molecule has 0 spiro atoms. The maximum absolute atomic E-state index is 12.2. The summed E-state index contributed by atoms with van der Waals surface area (Å²) in [6.45, 7) is 0. The predicted octanol–water partition coefficient (Wildman–Crippen LogP) is 2.02. The number of nitrogens with one attached hydrogen (secondary N) is 1. The molecule has 2 aliphatic rings. The van der Waals surface area contributed by atoms with Crippen LogP contribution in [0.4, 0.5) is 5.69 Å². The molecule has 1 N–H and O–H groups in total. The molecule has 6 heteroatoms. The molecule has 1 atom stereocenters. The fourth-order valence-corrected chi connectivity index (χ4v) is 2.86. The van der Waals surface area contributed by atoms with Gasteiger partial charge < -0.3 is 5.32 Å². The summed E-state index contributed by atoms with van der Waals surface area (Å²) >= 11 is 3.36. The third kappa shape index (κ3) is 2.29. The molecule has 2 amide bonds. The highest BCUT2D eigenvalue weighted by molar-refractivity contribution is 9.10. The number of carbonyl (C=O) groups is 2. The Morgan fingerprint density at radius 2 is 2.10 bits per heavy atom. The van der Waals surface area contributed by atoms with Gasteiger partial charge in [0.25, 0.3) is 5.91 Å².